The van der Waals surface area contributed by atoms with Crippen molar-refractivity contribution < 1.29 is 13.7 Å². The molecule has 1 N–H and O–H groups in total. The maximum Gasteiger partial charge on any atom is 0.364 e. The van der Waals surface area contributed by atoms with Gasteiger partial charge in [0.05, 0.1) is 26.2 Å². The molecule has 0 spiro atoms. The first-order valence-corrected chi connectivity index (χ1v) is 9.78. The molecule has 29 heavy (non-hydrogen) atoms. The Labute approximate surface area is 166 Å². The number of nitrogens with one attached hydrogen (secondary N) is 1. The fourth-order valence-electron chi connectivity index (χ4n) is 3.92. The number of nitrogens with zero attached hydrogens (tertiary/aromatic N) is 4. The summed E-state index contributed by atoms with van der Waals surface area (Å²) in [7, 11) is 1.65. The average Bonchev–Trinajstić information content (AvgIpc) is 3.08. The molecule has 8 nitrogen and oxygen atoms in total. The van der Waals surface area contributed by atoms with Crippen LogP contribution in [0.5, 0.6) is 0 Å². The molecule has 0 unspecified atom stereocenters. The molecule has 3 heterocycles. The molecule has 0 aliphatic carbocycles. The lowest BCUT2D eigenvalue weighted by Crippen LogP contribution is -2.52. The summed E-state index contributed by atoms with van der Waals surface area (Å²) < 4.78 is 23.3. The molecule has 0 fully saturated rings. The minimum absolute atomic E-state index is 0.201. The van der Waals surface area contributed by atoms with Crippen molar-refractivity contribution in [3.63, 3.8) is 0 Å². The number of H-pyrrole nitrogens is 1. The third-order valence-corrected chi connectivity index (χ3v) is 5.33. The van der Waals surface area contributed by atoms with E-state index in [-0.39, 0.29) is 29.5 Å². The number of imidazole rings is 1. The zero-order valence-corrected chi connectivity index (χ0v) is 16.8. The Balaban J connectivity index is 1.91. The van der Waals surface area contributed by atoms with Crippen molar-refractivity contribution in [2.75, 3.05) is 24.7 Å². The van der Waals surface area contributed by atoms with Gasteiger partial charge in [0.2, 0.25) is 11.2 Å². The van der Waals surface area contributed by atoms with Gasteiger partial charge in [-0.15, -0.1) is 0 Å². The van der Waals surface area contributed by atoms with Gasteiger partial charge in [0.1, 0.15) is 11.5 Å². The van der Waals surface area contributed by atoms with Gasteiger partial charge in [-0.1, -0.05) is 6.92 Å². The fraction of sp³-hybridized carbons (Fsp3) is 0.450. The van der Waals surface area contributed by atoms with Gasteiger partial charge in [-0.3, -0.25) is 13.9 Å². The normalized spacial score (nSPS) is 16.4. The van der Waals surface area contributed by atoms with E-state index in [2.05, 4.69) is 11.9 Å². The van der Waals surface area contributed by atoms with Gasteiger partial charge < -0.3 is 4.74 Å². The highest BCUT2D eigenvalue weighted by molar-refractivity contribution is 5.70. The Kier molecular flexibility index (Phi) is 4.99. The van der Waals surface area contributed by atoms with E-state index in [0.717, 1.165) is 5.69 Å². The van der Waals surface area contributed by atoms with E-state index < -0.39 is 0 Å². The molecule has 0 saturated heterocycles. The number of aromatic nitrogens is 4. The second-order valence-electron chi connectivity index (χ2n) is 7.44. The molecule has 1 atom stereocenters. The number of aromatic amines is 1. The van der Waals surface area contributed by atoms with Crippen LogP contribution in [0.3, 0.4) is 0 Å². The Hall–Kier alpha value is -2.94. The molecule has 4 rings (SSSR count). The largest absolute Gasteiger partial charge is 0.380 e. The molecular weight excluding hydrogens is 377 g/mol. The molecule has 0 amide bonds. The summed E-state index contributed by atoms with van der Waals surface area (Å²) in [5.41, 5.74) is 1.03. The number of halogens is 1. The molecule has 9 heteroatoms. The van der Waals surface area contributed by atoms with Gasteiger partial charge >= 0.3 is 11.6 Å². The van der Waals surface area contributed by atoms with Crippen molar-refractivity contribution in [3.8, 4) is 0 Å². The van der Waals surface area contributed by atoms with E-state index in [1.54, 1.807) is 19.2 Å². The van der Waals surface area contributed by atoms with Crippen molar-refractivity contribution >= 4 is 22.8 Å². The number of anilines is 2. The average molecular weight is 402 g/mol. The molecule has 0 saturated carbocycles. The van der Waals surface area contributed by atoms with Gasteiger partial charge in [-0.25, -0.2) is 23.6 Å². The Morgan fingerprint density at radius 1 is 1.28 bits per heavy atom. The van der Waals surface area contributed by atoms with Crippen molar-refractivity contribution in [3.05, 3.63) is 50.9 Å². The van der Waals surface area contributed by atoms with E-state index in [0.29, 0.717) is 43.4 Å². The highest BCUT2D eigenvalue weighted by Gasteiger charge is 2.35. The summed E-state index contributed by atoms with van der Waals surface area (Å²) in [4.78, 5) is 31.2. The minimum Gasteiger partial charge on any atom is -0.380 e. The Morgan fingerprint density at radius 3 is 2.69 bits per heavy atom. The number of hydrogen-bond acceptors (Lipinski definition) is 4. The smallest absolute Gasteiger partial charge is 0.364 e. The molecule has 1 aromatic carbocycles. The van der Waals surface area contributed by atoms with E-state index in [9.17, 15) is 14.0 Å². The zero-order chi connectivity index (χ0) is 20.7. The molecule has 0 bridgehead atoms. The van der Waals surface area contributed by atoms with Crippen molar-refractivity contribution in [1.29, 1.82) is 0 Å². The van der Waals surface area contributed by atoms with Gasteiger partial charge in [-0.2, -0.15) is 0 Å². The second-order valence-corrected chi connectivity index (χ2v) is 7.44. The zero-order valence-electron chi connectivity index (χ0n) is 16.8. The van der Waals surface area contributed by atoms with Crippen molar-refractivity contribution in [2.24, 2.45) is 13.0 Å². The SMILES string of the molecule is CCOCCn1c(=O)c2c([nH]c3[n+]2C[C@H](C)CN3c2ccc(F)cc2)n(C)c1=O. The standard InChI is InChI=1S/C20H24FN5O3/c1-4-29-10-9-24-18(27)16-17(23(3)20(24)28)22-19-25(11-13(2)12-26(16)19)15-7-5-14(21)6-8-15/h5-8,13H,4,9-12H2,1-3H3/p+1/t13-/m1/s1. The molecule has 1 aliphatic heterocycles. The summed E-state index contributed by atoms with van der Waals surface area (Å²) in [5.74, 6) is 0.660. The van der Waals surface area contributed by atoms with Gasteiger partial charge in [0, 0.05) is 19.6 Å². The number of ether oxygens (including phenoxy) is 1. The second kappa shape index (κ2) is 7.47. The van der Waals surface area contributed by atoms with E-state index in [1.807, 2.05) is 16.4 Å². The van der Waals surface area contributed by atoms with Crippen LogP contribution in [0.4, 0.5) is 16.0 Å². The van der Waals surface area contributed by atoms with Crippen LogP contribution < -0.4 is 20.7 Å². The van der Waals surface area contributed by atoms with Crippen LogP contribution >= 0.6 is 0 Å². The molecular formula is C20H25FN5O3+. The predicted octanol–water partition coefficient (Wildman–Crippen LogP) is 1.28. The Morgan fingerprint density at radius 2 is 2.00 bits per heavy atom. The lowest BCUT2D eigenvalue weighted by Gasteiger charge is -2.26. The van der Waals surface area contributed by atoms with Crippen LogP contribution in [-0.4, -0.2) is 33.9 Å². The van der Waals surface area contributed by atoms with Crippen LogP contribution in [0.1, 0.15) is 13.8 Å². The summed E-state index contributed by atoms with van der Waals surface area (Å²) >= 11 is 0. The van der Waals surface area contributed by atoms with Crippen molar-refractivity contribution in [2.45, 2.75) is 26.9 Å². The highest BCUT2D eigenvalue weighted by Crippen LogP contribution is 2.27. The molecule has 3 aromatic rings. The summed E-state index contributed by atoms with van der Waals surface area (Å²) in [6, 6.07) is 6.25. The molecule has 0 radical (unpaired) electrons. The van der Waals surface area contributed by atoms with Crippen LogP contribution in [-0.2, 0) is 24.9 Å². The van der Waals surface area contributed by atoms with Crippen LogP contribution in [0, 0.1) is 11.7 Å². The van der Waals surface area contributed by atoms with E-state index in [1.165, 1.54) is 21.3 Å². The number of rotatable bonds is 5. The summed E-state index contributed by atoms with van der Waals surface area (Å²) in [5, 5.41) is 0. The van der Waals surface area contributed by atoms with E-state index >= 15 is 0 Å². The quantitative estimate of drug-likeness (QED) is 0.515. The summed E-state index contributed by atoms with van der Waals surface area (Å²) in [6.07, 6.45) is 0. The number of hydrogen-bond donors (Lipinski definition) is 1. The minimum atomic E-state index is -0.386. The van der Waals surface area contributed by atoms with Crippen molar-refractivity contribution in [1.82, 2.24) is 14.1 Å². The first kappa shape index (κ1) is 19.4. The molecule has 2 aromatic heterocycles. The predicted molar refractivity (Wildman–Crippen MR) is 107 cm³/mol. The fourth-order valence-corrected chi connectivity index (χ4v) is 3.92. The number of benzene rings is 1. The van der Waals surface area contributed by atoms with Crippen LogP contribution in [0.25, 0.3) is 11.2 Å². The molecule has 1 aliphatic rings. The summed E-state index contributed by atoms with van der Waals surface area (Å²) in [6.45, 7) is 6.35. The van der Waals surface area contributed by atoms with E-state index in [4.69, 9.17) is 4.74 Å². The highest BCUT2D eigenvalue weighted by atomic mass is 19.1. The number of aryl methyl sites for hydroxylation is 1. The van der Waals surface area contributed by atoms with Gasteiger partial charge in [-0.05, 0) is 31.2 Å². The maximum atomic E-state index is 13.4. The lowest BCUT2D eigenvalue weighted by atomic mass is 10.1. The first-order chi connectivity index (χ1) is 13.9. The van der Waals surface area contributed by atoms with Gasteiger partial charge in [0.25, 0.3) is 5.56 Å². The topological polar surface area (TPSA) is 76.1 Å². The Bertz CT molecular complexity index is 1160. The van der Waals surface area contributed by atoms with Crippen LogP contribution in [0.15, 0.2) is 33.9 Å². The first-order valence-electron chi connectivity index (χ1n) is 9.78. The van der Waals surface area contributed by atoms with Gasteiger partial charge in [0.15, 0.2) is 0 Å². The van der Waals surface area contributed by atoms with Crippen LogP contribution in [0.2, 0.25) is 0 Å². The third kappa shape index (κ3) is 3.25. The maximum absolute atomic E-state index is 13.4. The third-order valence-electron chi connectivity index (χ3n) is 5.33. The monoisotopic (exact) mass is 402 g/mol. The molecule has 154 valence electrons. The number of fused-ring (bicyclic) bond motifs is 3. The lowest BCUT2D eigenvalue weighted by molar-refractivity contribution is -0.669.